The van der Waals surface area contributed by atoms with Crippen LogP contribution in [0.25, 0.3) is 0 Å². The molecule has 1 aliphatic rings. The number of rotatable bonds is 2. The van der Waals surface area contributed by atoms with E-state index < -0.39 is 38.9 Å². The summed E-state index contributed by atoms with van der Waals surface area (Å²) in [7, 11) is -5.74. The molecule has 122 valence electrons. The van der Waals surface area contributed by atoms with Crippen LogP contribution >= 0.6 is 0 Å². The molecule has 0 aromatic rings. The van der Waals surface area contributed by atoms with Crippen molar-refractivity contribution in [3.63, 3.8) is 0 Å². The van der Waals surface area contributed by atoms with E-state index in [1.54, 1.807) is 20.8 Å². The minimum Gasteiger partial charge on any atom is -0.465 e. The molecule has 0 saturated heterocycles. The lowest BCUT2D eigenvalue weighted by molar-refractivity contribution is -0.0528. The highest BCUT2D eigenvalue weighted by molar-refractivity contribution is 7.87. The van der Waals surface area contributed by atoms with Crippen LogP contribution in [0.4, 0.5) is 18.0 Å². The van der Waals surface area contributed by atoms with Crippen molar-refractivity contribution in [2.24, 2.45) is 5.41 Å². The van der Waals surface area contributed by atoms with Gasteiger partial charge in [-0.15, -0.1) is 0 Å². The first-order valence-corrected chi connectivity index (χ1v) is 7.36. The van der Waals surface area contributed by atoms with Crippen molar-refractivity contribution < 1.29 is 35.7 Å². The maximum Gasteiger partial charge on any atom is 0.534 e. The Bertz CT molecular complexity index is 547. The molecule has 1 unspecified atom stereocenters. The lowest BCUT2D eigenvalue weighted by Gasteiger charge is -2.40. The van der Waals surface area contributed by atoms with Crippen molar-refractivity contribution >= 4 is 16.2 Å². The summed E-state index contributed by atoms with van der Waals surface area (Å²) < 4.78 is 62.9. The van der Waals surface area contributed by atoms with Crippen LogP contribution in [0.5, 0.6) is 0 Å². The van der Waals surface area contributed by atoms with Gasteiger partial charge in [-0.05, 0) is 11.5 Å². The third kappa shape index (κ3) is 4.02. The van der Waals surface area contributed by atoms with Gasteiger partial charge in [0.2, 0.25) is 0 Å². The quantitative estimate of drug-likeness (QED) is 0.621. The number of alkyl halides is 3. The second kappa shape index (κ2) is 5.39. The molecule has 0 fully saturated rings. The van der Waals surface area contributed by atoms with Gasteiger partial charge >= 0.3 is 21.7 Å². The van der Waals surface area contributed by atoms with Crippen LogP contribution in [0.15, 0.2) is 11.8 Å². The minimum absolute atomic E-state index is 0.236. The largest absolute Gasteiger partial charge is 0.534 e. The van der Waals surface area contributed by atoms with E-state index in [2.05, 4.69) is 4.18 Å². The van der Waals surface area contributed by atoms with Gasteiger partial charge in [-0.1, -0.05) is 20.8 Å². The number of carboxylic acid groups (broad SMARTS) is 1. The summed E-state index contributed by atoms with van der Waals surface area (Å²) in [5.74, 6) is -0.398. The molecule has 21 heavy (non-hydrogen) atoms. The van der Waals surface area contributed by atoms with E-state index in [4.69, 9.17) is 5.11 Å². The zero-order chi connectivity index (χ0) is 16.6. The van der Waals surface area contributed by atoms with E-state index in [1.807, 2.05) is 0 Å². The maximum atomic E-state index is 12.3. The summed E-state index contributed by atoms with van der Waals surface area (Å²) >= 11 is 0. The van der Waals surface area contributed by atoms with Crippen LogP contribution in [-0.2, 0) is 14.3 Å². The van der Waals surface area contributed by atoms with Crippen molar-refractivity contribution in [2.75, 3.05) is 6.54 Å². The first kappa shape index (κ1) is 17.6. The number of nitrogens with zero attached hydrogens (tertiary/aromatic N) is 1. The molecule has 0 saturated carbocycles. The van der Waals surface area contributed by atoms with Gasteiger partial charge in [0.25, 0.3) is 0 Å². The second-order valence-corrected chi connectivity index (χ2v) is 7.21. The highest BCUT2D eigenvalue weighted by atomic mass is 32.2. The molecule has 1 amide bonds. The highest BCUT2D eigenvalue weighted by Gasteiger charge is 2.49. The summed E-state index contributed by atoms with van der Waals surface area (Å²) in [6.07, 6.45) is -0.450. The highest BCUT2D eigenvalue weighted by Crippen LogP contribution is 2.35. The van der Waals surface area contributed by atoms with E-state index in [0.29, 0.717) is 0 Å². The Morgan fingerprint density at radius 1 is 1.38 bits per heavy atom. The Hall–Kier alpha value is -1.45. The molecule has 0 aromatic carbocycles. The average Bonchev–Trinajstić information content (AvgIpc) is 2.25. The first-order valence-electron chi connectivity index (χ1n) is 5.95. The zero-order valence-corrected chi connectivity index (χ0v) is 12.5. The standard InChI is InChI=1S/C11H16F3NO5S/c1-10(2,3)8-6-7(4-5-15(8)9(16)17)20-21(18,19)11(12,13)14/h4,8H,5-6H2,1-3H3,(H,16,17). The molecule has 0 spiro atoms. The second-order valence-electron chi connectivity index (χ2n) is 5.67. The monoisotopic (exact) mass is 331 g/mol. The molecule has 1 aliphatic heterocycles. The normalized spacial score (nSPS) is 21.0. The molecule has 0 aromatic heterocycles. The van der Waals surface area contributed by atoms with E-state index in [0.717, 1.165) is 11.0 Å². The molecular formula is C11H16F3NO5S. The lowest BCUT2D eigenvalue weighted by atomic mass is 9.82. The van der Waals surface area contributed by atoms with Crippen LogP contribution in [-0.4, -0.2) is 42.6 Å². The first-order chi connectivity index (χ1) is 9.25. The third-order valence-corrected chi connectivity index (χ3v) is 4.03. The summed E-state index contributed by atoms with van der Waals surface area (Å²) in [6, 6.07) is -0.696. The third-order valence-electron chi connectivity index (χ3n) is 3.03. The van der Waals surface area contributed by atoms with Crippen LogP contribution in [0.3, 0.4) is 0 Å². The molecule has 1 N–H and O–H groups in total. The Labute approximate surface area is 120 Å². The van der Waals surface area contributed by atoms with Crippen LogP contribution in [0.2, 0.25) is 0 Å². The van der Waals surface area contributed by atoms with Crippen molar-refractivity contribution in [1.29, 1.82) is 0 Å². The number of hydrogen-bond donors (Lipinski definition) is 1. The summed E-state index contributed by atoms with van der Waals surface area (Å²) in [5, 5.41) is 9.08. The molecule has 1 rings (SSSR count). The van der Waals surface area contributed by atoms with Gasteiger partial charge in [-0.2, -0.15) is 21.6 Å². The van der Waals surface area contributed by atoms with Crippen molar-refractivity contribution in [3.8, 4) is 0 Å². The van der Waals surface area contributed by atoms with Gasteiger partial charge in [0, 0.05) is 19.0 Å². The summed E-state index contributed by atoms with van der Waals surface area (Å²) in [4.78, 5) is 12.2. The lowest BCUT2D eigenvalue weighted by Crippen LogP contribution is -2.49. The Morgan fingerprint density at radius 3 is 2.29 bits per heavy atom. The van der Waals surface area contributed by atoms with E-state index in [1.165, 1.54) is 0 Å². The summed E-state index contributed by atoms with van der Waals surface area (Å²) in [6.45, 7) is 4.87. The van der Waals surface area contributed by atoms with Crippen LogP contribution < -0.4 is 0 Å². The SMILES string of the molecule is CC(C)(C)C1CC(OS(=O)(=O)C(F)(F)F)=CCN1C(=O)O. The van der Waals surface area contributed by atoms with E-state index >= 15 is 0 Å². The van der Waals surface area contributed by atoms with Gasteiger partial charge in [0.05, 0.1) is 0 Å². The van der Waals surface area contributed by atoms with E-state index in [9.17, 15) is 26.4 Å². The average molecular weight is 331 g/mol. The van der Waals surface area contributed by atoms with Gasteiger partial charge in [-0.3, -0.25) is 0 Å². The number of hydrogen-bond acceptors (Lipinski definition) is 4. The molecule has 10 heteroatoms. The number of amides is 1. The topological polar surface area (TPSA) is 83.9 Å². The molecule has 1 atom stereocenters. The molecule has 6 nitrogen and oxygen atoms in total. The van der Waals surface area contributed by atoms with Crippen LogP contribution in [0.1, 0.15) is 27.2 Å². The molecule has 1 heterocycles. The fourth-order valence-electron chi connectivity index (χ4n) is 1.95. The smallest absolute Gasteiger partial charge is 0.465 e. The fraction of sp³-hybridized carbons (Fsp3) is 0.727. The summed E-state index contributed by atoms with van der Waals surface area (Å²) in [5.41, 5.74) is -6.11. The van der Waals surface area contributed by atoms with Crippen molar-refractivity contribution in [1.82, 2.24) is 4.90 Å². The minimum atomic E-state index is -5.74. The van der Waals surface area contributed by atoms with Crippen molar-refractivity contribution in [2.45, 2.75) is 38.7 Å². The number of halogens is 3. The molecular weight excluding hydrogens is 315 g/mol. The predicted octanol–water partition coefficient (Wildman–Crippen LogP) is 2.53. The zero-order valence-electron chi connectivity index (χ0n) is 11.6. The Morgan fingerprint density at radius 2 is 1.90 bits per heavy atom. The van der Waals surface area contributed by atoms with Gasteiger partial charge in [-0.25, -0.2) is 4.79 Å². The fourth-order valence-corrected chi connectivity index (χ4v) is 2.47. The molecule has 0 radical (unpaired) electrons. The van der Waals surface area contributed by atoms with Gasteiger partial charge in [0.1, 0.15) is 5.76 Å². The molecule has 0 bridgehead atoms. The Kier molecular flexibility index (Phi) is 4.52. The van der Waals surface area contributed by atoms with Crippen LogP contribution in [0, 0.1) is 5.41 Å². The van der Waals surface area contributed by atoms with Gasteiger partial charge in [0.15, 0.2) is 0 Å². The Balaban J connectivity index is 3.02. The maximum absolute atomic E-state index is 12.3. The number of carbonyl (C=O) groups is 1. The molecule has 0 aliphatic carbocycles. The predicted molar refractivity (Wildman–Crippen MR) is 66.7 cm³/mol. The van der Waals surface area contributed by atoms with Crippen molar-refractivity contribution in [3.05, 3.63) is 11.8 Å². The van der Waals surface area contributed by atoms with E-state index in [-0.39, 0.29) is 13.0 Å². The van der Waals surface area contributed by atoms with Gasteiger partial charge < -0.3 is 14.2 Å².